The molecule has 2 unspecified atom stereocenters. The molecule has 3 N–H and O–H groups in total. The molecular weight excluding hydrogens is 731 g/mol. The van der Waals surface area contributed by atoms with E-state index in [1.807, 2.05) is 0 Å². The Morgan fingerprint density at radius 3 is 1.03 bits per heavy atom. The lowest BCUT2D eigenvalue weighted by Gasteiger charge is -2.22. The molecule has 0 aromatic carbocycles. The Morgan fingerprint density at radius 1 is 0.407 bits per heavy atom. The van der Waals surface area contributed by atoms with Crippen molar-refractivity contribution in [1.82, 2.24) is 5.32 Å². The van der Waals surface area contributed by atoms with Gasteiger partial charge < -0.3 is 20.3 Å². The van der Waals surface area contributed by atoms with Crippen LogP contribution in [0.25, 0.3) is 0 Å². The van der Waals surface area contributed by atoms with Crippen LogP contribution in [0.3, 0.4) is 0 Å². The topological polar surface area (TPSA) is 95.9 Å². The fourth-order valence-corrected chi connectivity index (χ4v) is 8.52. The Labute approximate surface area is 368 Å². The fraction of sp³-hybridized carbons (Fsp3) is 0.962. The molecule has 0 aliphatic rings. The van der Waals surface area contributed by atoms with Gasteiger partial charge in [0.25, 0.3) is 0 Å². The van der Waals surface area contributed by atoms with E-state index in [1.165, 1.54) is 212 Å². The smallest absolute Gasteiger partial charge is 0.305 e. The number of amides is 1. The molecule has 59 heavy (non-hydrogen) atoms. The summed E-state index contributed by atoms with van der Waals surface area (Å²) in [4.78, 5) is 24.5. The molecule has 0 aromatic rings. The van der Waals surface area contributed by atoms with Crippen molar-refractivity contribution in [2.24, 2.45) is 0 Å². The van der Waals surface area contributed by atoms with Crippen molar-refractivity contribution < 1.29 is 24.5 Å². The van der Waals surface area contributed by atoms with Gasteiger partial charge in [-0.05, 0) is 25.7 Å². The van der Waals surface area contributed by atoms with Crippen LogP contribution in [0.5, 0.6) is 0 Å². The Kier molecular flexibility index (Phi) is 48.6. The van der Waals surface area contributed by atoms with Crippen molar-refractivity contribution in [3.8, 4) is 0 Å². The molecule has 6 nitrogen and oxygen atoms in total. The summed E-state index contributed by atoms with van der Waals surface area (Å²) in [5.41, 5.74) is 0. The van der Waals surface area contributed by atoms with Gasteiger partial charge in [0.2, 0.25) is 5.91 Å². The summed E-state index contributed by atoms with van der Waals surface area (Å²) in [7, 11) is 0. The van der Waals surface area contributed by atoms with Gasteiger partial charge in [0.1, 0.15) is 0 Å². The largest absolute Gasteiger partial charge is 0.466 e. The van der Waals surface area contributed by atoms with E-state index in [4.69, 9.17) is 4.74 Å². The third-order valence-corrected chi connectivity index (χ3v) is 12.7. The van der Waals surface area contributed by atoms with E-state index in [1.54, 1.807) is 0 Å². The molecule has 0 radical (unpaired) electrons. The zero-order chi connectivity index (χ0) is 43.0. The number of esters is 1. The summed E-state index contributed by atoms with van der Waals surface area (Å²) in [5.74, 6) is -0.0631. The van der Waals surface area contributed by atoms with Crippen molar-refractivity contribution in [2.75, 3.05) is 13.2 Å². The summed E-state index contributed by atoms with van der Waals surface area (Å²) in [6.45, 7) is 4.93. The van der Waals surface area contributed by atoms with Crippen molar-refractivity contribution in [3.63, 3.8) is 0 Å². The number of carbonyl (C=O) groups is 2. The Bertz CT molecular complexity index is 837. The molecule has 0 bridgehead atoms. The summed E-state index contributed by atoms with van der Waals surface area (Å²) < 4.78 is 5.44. The van der Waals surface area contributed by atoms with Crippen LogP contribution in [0.1, 0.15) is 303 Å². The number of aliphatic hydroxyl groups is 2. The fourth-order valence-electron chi connectivity index (χ4n) is 8.52. The van der Waals surface area contributed by atoms with Gasteiger partial charge in [-0.25, -0.2) is 0 Å². The average Bonchev–Trinajstić information content (AvgIpc) is 3.24. The minimum atomic E-state index is -0.675. The molecule has 352 valence electrons. The van der Waals surface area contributed by atoms with E-state index in [-0.39, 0.29) is 18.5 Å². The van der Waals surface area contributed by atoms with Gasteiger partial charge in [0.15, 0.2) is 0 Å². The predicted molar refractivity (Wildman–Crippen MR) is 255 cm³/mol. The van der Waals surface area contributed by atoms with E-state index in [0.29, 0.717) is 25.9 Å². The van der Waals surface area contributed by atoms with Crippen LogP contribution in [0.15, 0.2) is 0 Å². The molecule has 0 aliphatic carbocycles. The van der Waals surface area contributed by atoms with Crippen LogP contribution in [0, 0.1) is 0 Å². The third-order valence-electron chi connectivity index (χ3n) is 12.7. The van der Waals surface area contributed by atoms with Crippen LogP contribution in [0.2, 0.25) is 0 Å². The lowest BCUT2D eigenvalue weighted by Crippen LogP contribution is -2.45. The van der Waals surface area contributed by atoms with Gasteiger partial charge >= 0.3 is 5.97 Å². The second kappa shape index (κ2) is 49.5. The first kappa shape index (κ1) is 57.9. The minimum absolute atomic E-state index is 0.0128. The van der Waals surface area contributed by atoms with Crippen molar-refractivity contribution >= 4 is 11.9 Å². The van der Waals surface area contributed by atoms with Crippen LogP contribution in [-0.4, -0.2) is 47.4 Å². The first-order valence-electron chi connectivity index (χ1n) is 26.8. The lowest BCUT2D eigenvalue weighted by atomic mass is 10.0. The molecule has 6 heteroatoms. The molecule has 1 amide bonds. The second-order valence-corrected chi connectivity index (χ2v) is 18.6. The molecular formula is C53H105NO5. The molecule has 0 fully saturated rings. The van der Waals surface area contributed by atoms with Gasteiger partial charge in [-0.2, -0.15) is 0 Å². The highest BCUT2D eigenvalue weighted by Crippen LogP contribution is 2.17. The van der Waals surface area contributed by atoms with Gasteiger partial charge in [0.05, 0.1) is 25.4 Å². The first-order valence-corrected chi connectivity index (χ1v) is 26.8. The first-order chi connectivity index (χ1) is 29.0. The number of rotatable bonds is 50. The Morgan fingerprint density at radius 2 is 0.695 bits per heavy atom. The molecule has 0 saturated heterocycles. The normalized spacial score (nSPS) is 12.5. The molecule has 0 saturated carbocycles. The highest BCUT2D eigenvalue weighted by molar-refractivity contribution is 5.76. The van der Waals surface area contributed by atoms with Crippen LogP contribution in [-0.2, 0) is 14.3 Å². The summed E-state index contributed by atoms with van der Waals surface area (Å²) in [5, 5.41) is 23.3. The number of unbranched alkanes of at least 4 members (excludes halogenated alkanes) is 39. The summed E-state index contributed by atoms with van der Waals surface area (Å²) >= 11 is 0. The van der Waals surface area contributed by atoms with Crippen LogP contribution in [0.4, 0.5) is 0 Å². The van der Waals surface area contributed by atoms with E-state index in [2.05, 4.69) is 19.2 Å². The number of hydrogen-bond donors (Lipinski definition) is 3. The highest BCUT2D eigenvalue weighted by atomic mass is 16.5. The number of aliphatic hydroxyl groups excluding tert-OH is 2. The predicted octanol–water partition coefficient (Wildman–Crippen LogP) is 16.0. The summed E-state index contributed by atoms with van der Waals surface area (Å²) in [6.07, 6.45) is 55.0. The Hall–Kier alpha value is -1.14. The molecule has 0 rings (SSSR count). The van der Waals surface area contributed by atoms with Gasteiger partial charge in [0, 0.05) is 12.8 Å². The van der Waals surface area contributed by atoms with E-state index >= 15 is 0 Å². The zero-order valence-corrected chi connectivity index (χ0v) is 40.0. The second-order valence-electron chi connectivity index (χ2n) is 18.6. The molecule has 0 spiro atoms. The van der Waals surface area contributed by atoms with Gasteiger partial charge in [-0.15, -0.1) is 0 Å². The Balaban J connectivity index is 3.46. The quantitative estimate of drug-likeness (QED) is 0.0419. The number of hydrogen-bond acceptors (Lipinski definition) is 5. The minimum Gasteiger partial charge on any atom is -0.466 e. The van der Waals surface area contributed by atoms with Crippen LogP contribution >= 0.6 is 0 Å². The molecule has 0 heterocycles. The van der Waals surface area contributed by atoms with E-state index in [0.717, 1.165) is 57.8 Å². The molecule has 0 aliphatic heterocycles. The third kappa shape index (κ3) is 46.2. The number of carbonyl (C=O) groups excluding carboxylic acids is 2. The van der Waals surface area contributed by atoms with Crippen LogP contribution < -0.4 is 5.32 Å². The molecule has 2 atom stereocenters. The highest BCUT2D eigenvalue weighted by Gasteiger charge is 2.20. The zero-order valence-electron chi connectivity index (χ0n) is 40.0. The SMILES string of the molecule is CCCCCCCCCCCCCCCCCCCCCCC(O)C(CO)NC(=O)CCCCCCCCCCCCCOC(=O)CCCCCCCCCCCCC. The van der Waals surface area contributed by atoms with Gasteiger partial charge in [-0.1, -0.05) is 264 Å². The summed E-state index contributed by atoms with van der Waals surface area (Å²) in [6, 6.07) is -0.554. The van der Waals surface area contributed by atoms with E-state index < -0.39 is 12.1 Å². The van der Waals surface area contributed by atoms with Crippen molar-refractivity contribution in [1.29, 1.82) is 0 Å². The van der Waals surface area contributed by atoms with Gasteiger partial charge in [-0.3, -0.25) is 9.59 Å². The maximum absolute atomic E-state index is 12.5. The van der Waals surface area contributed by atoms with E-state index in [9.17, 15) is 19.8 Å². The standard InChI is InChI=1S/C53H105NO5/c1-3-5-7-9-11-13-15-16-17-18-19-20-21-22-23-26-29-33-37-41-45-51(56)50(49-55)54-52(57)46-42-38-34-30-27-24-28-32-36-40-44-48-59-53(58)47-43-39-35-31-25-14-12-10-8-6-4-2/h50-51,55-56H,3-49H2,1-2H3,(H,54,57). The van der Waals surface area contributed by atoms with Crippen molar-refractivity contribution in [3.05, 3.63) is 0 Å². The van der Waals surface area contributed by atoms with Crippen molar-refractivity contribution in [2.45, 2.75) is 315 Å². The number of nitrogens with one attached hydrogen (secondary N) is 1. The maximum Gasteiger partial charge on any atom is 0.305 e. The number of ether oxygens (including phenoxy) is 1. The lowest BCUT2D eigenvalue weighted by molar-refractivity contribution is -0.143. The molecule has 0 aromatic heterocycles. The monoisotopic (exact) mass is 836 g/mol. The average molecular weight is 836 g/mol. The maximum atomic E-state index is 12.5.